The Morgan fingerprint density at radius 2 is 1.69 bits per heavy atom. The summed E-state index contributed by atoms with van der Waals surface area (Å²) < 4.78 is 47.1. The second-order valence-electron chi connectivity index (χ2n) is 6.62. The van der Waals surface area contributed by atoms with Crippen molar-refractivity contribution >= 4 is 0 Å². The Labute approximate surface area is 168 Å². The lowest BCUT2D eigenvalue weighted by atomic mass is 10.0. The van der Waals surface area contributed by atoms with Gasteiger partial charge in [0.25, 0.3) is 0 Å². The van der Waals surface area contributed by atoms with Crippen molar-refractivity contribution in [2.75, 3.05) is 7.11 Å². The van der Waals surface area contributed by atoms with Crippen LogP contribution >= 0.6 is 0 Å². The minimum absolute atomic E-state index is 0.158. The van der Waals surface area contributed by atoms with E-state index in [4.69, 9.17) is 4.74 Å². The normalized spacial score (nSPS) is 12.4. The number of alkyl halides is 3. The fourth-order valence-corrected chi connectivity index (χ4v) is 3.08. The lowest BCUT2D eigenvalue weighted by Gasteiger charge is -2.16. The van der Waals surface area contributed by atoms with Gasteiger partial charge in [-0.1, -0.05) is 48.5 Å². The topological polar surface area (TPSA) is 30.5 Å². The predicted octanol–water partition coefficient (Wildman–Crippen LogP) is 6.11. The van der Waals surface area contributed by atoms with Crippen LogP contribution in [0, 0.1) is 0 Å². The molecule has 6 heteroatoms. The van der Waals surface area contributed by atoms with Gasteiger partial charge in [-0.05, 0) is 47.9 Å². The highest BCUT2D eigenvalue weighted by molar-refractivity contribution is 5.72. The number of nitrogens with one attached hydrogen (secondary N) is 1. The van der Waals surface area contributed by atoms with Crippen molar-refractivity contribution in [2.45, 2.75) is 25.9 Å². The van der Waals surface area contributed by atoms with Crippen LogP contribution in [-0.4, -0.2) is 13.5 Å². The first kappa shape index (κ1) is 20.7. The van der Waals surface area contributed by atoms with Gasteiger partial charge in [0.15, 0.2) is 0 Å². The summed E-state index contributed by atoms with van der Waals surface area (Å²) in [6.45, 7) is 2.68. The van der Waals surface area contributed by atoms with Gasteiger partial charge in [-0.3, -0.25) is 0 Å². The summed E-state index contributed by atoms with van der Waals surface area (Å²) in [7, 11) is 1.53. The summed E-state index contributed by atoms with van der Waals surface area (Å²) in [6, 6.07) is 21.8. The highest BCUT2D eigenvalue weighted by atomic mass is 19.4. The van der Waals surface area contributed by atoms with E-state index < -0.39 is 6.36 Å². The van der Waals surface area contributed by atoms with Crippen LogP contribution in [-0.2, 0) is 6.54 Å². The molecule has 0 aliphatic rings. The summed E-state index contributed by atoms with van der Waals surface area (Å²) >= 11 is 0. The zero-order valence-corrected chi connectivity index (χ0v) is 16.2. The van der Waals surface area contributed by atoms with Crippen LogP contribution in [0.1, 0.15) is 24.1 Å². The maximum atomic E-state index is 12.5. The monoisotopic (exact) mass is 401 g/mol. The Hall–Kier alpha value is -2.99. The minimum atomic E-state index is -4.73. The van der Waals surface area contributed by atoms with Crippen molar-refractivity contribution in [1.29, 1.82) is 0 Å². The van der Waals surface area contributed by atoms with E-state index in [1.165, 1.54) is 30.9 Å². The second kappa shape index (κ2) is 9.01. The molecule has 0 radical (unpaired) electrons. The van der Waals surface area contributed by atoms with Gasteiger partial charge < -0.3 is 14.8 Å². The number of ether oxygens (including phenoxy) is 2. The lowest BCUT2D eigenvalue weighted by Crippen LogP contribution is -2.18. The van der Waals surface area contributed by atoms with Gasteiger partial charge in [0, 0.05) is 18.2 Å². The molecule has 0 aromatic heterocycles. The fourth-order valence-electron chi connectivity index (χ4n) is 3.08. The van der Waals surface area contributed by atoms with Crippen LogP contribution in [0.25, 0.3) is 11.1 Å². The Morgan fingerprint density at radius 3 is 2.38 bits per heavy atom. The van der Waals surface area contributed by atoms with Crippen LogP contribution in [0.5, 0.6) is 11.5 Å². The molecule has 0 bridgehead atoms. The van der Waals surface area contributed by atoms with Gasteiger partial charge in [-0.25, -0.2) is 0 Å². The summed E-state index contributed by atoms with van der Waals surface area (Å²) in [6.07, 6.45) is -4.73. The number of benzene rings is 3. The van der Waals surface area contributed by atoms with E-state index in [1.807, 2.05) is 36.4 Å². The molecule has 29 heavy (non-hydrogen) atoms. The summed E-state index contributed by atoms with van der Waals surface area (Å²) in [5.41, 5.74) is 3.46. The summed E-state index contributed by atoms with van der Waals surface area (Å²) in [4.78, 5) is 0. The van der Waals surface area contributed by atoms with Gasteiger partial charge in [0.1, 0.15) is 11.5 Å². The number of rotatable bonds is 7. The van der Waals surface area contributed by atoms with Crippen LogP contribution < -0.4 is 14.8 Å². The molecule has 0 aliphatic heterocycles. The number of halogens is 3. The SMILES string of the molecule is COc1ccc(CNC(C)c2ccccc2)cc1-c1cccc(OC(F)(F)F)c1. The maximum absolute atomic E-state index is 12.5. The molecular formula is C23H22F3NO2. The predicted molar refractivity (Wildman–Crippen MR) is 107 cm³/mol. The molecule has 0 aliphatic carbocycles. The average Bonchev–Trinajstić information content (AvgIpc) is 2.71. The Bertz CT molecular complexity index is 942. The molecule has 1 N–H and O–H groups in total. The lowest BCUT2D eigenvalue weighted by molar-refractivity contribution is -0.274. The van der Waals surface area contributed by atoms with Gasteiger partial charge in [0.2, 0.25) is 0 Å². The van der Waals surface area contributed by atoms with Crippen molar-refractivity contribution in [3.05, 3.63) is 83.9 Å². The van der Waals surface area contributed by atoms with Crippen molar-refractivity contribution < 1.29 is 22.6 Å². The molecule has 0 heterocycles. The largest absolute Gasteiger partial charge is 0.573 e. The minimum Gasteiger partial charge on any atom is -0.496 e. The van der Waals surface area contributed by atoms with Gasteiger partial charge in [0.05, 0.1) is 7.11 Å². The van der Waals surface area contributed by atoms with Crippen LogP contribution in [0.4, 0.5) is 13.2 Å². The van der Waals surface area contributed by atoms with E-state index in [9.17, 15) is 13.2 Å². The molecule has 1 atom stereocenters. The summed E-state index contributed by atoms with van der Waals surface area (Å²) in [5, 5.41) is 3.46. The van der Waals surface area contributed by atoms with Crippen molar-refractivity contribution in [1.82, 2.24) is 5.32 Å². The van der Waals surface area contributed by atoms with E-state index in [0.717, 1.165) is 5.56 Å². The van der Waals surface area contributed by atoms with Crippen molar-refractivity contribution in [2.24, 2.45) is 0 Å². The van der Waals surface area contributed by atoms with E-state index >= 15 is 0 Å². The van der Waals surface area contributed by atoms with E-state index in [0.29, 0.717) is 23.4 Å². The van der Waals surface area contributed by atoms with Gasteiger partial charge in [-0.2, -0.15) is 0 Å². The fraction of sp³-hybridized carbons (Fsp3) is 0.217. The molecule has 0 amide bonds. The van der Waals surface area contributed by atoms with Gasteiger partial charge in [-0.15, -0.1) is 13.2 Å². The molecule has 0 saturated carbocycles. The third-order valence-electron chi connectivity index (χ3n) is 4.55. The number of methoxy groups -OCH3 is 1. The average molecular weight is 401 g/mol. The van der Waals surface area contributed by atoms with Crippen LogP contribution in [0.15, 0.2) is 72.8 Å². The van der Waals surface area contributed by atoms with Gasteiger partial charge >= 0.3 is 6.36 Å². The smallest absolute Gasteiger partial charge is 0.496 e. The molecule has 1 unspecified atom stereocenters. The van der Waals surface area contributed by atoms with Crippen molar-refractivity contribution in [3.63, 3.8) is 0 Å². The quantitative estimate of drug-likeness (QED) is 0.518. The molecule has 3 aromatic rings. The zero-order chi connectivity index (χ0) is 20.9. The van der Waals surface area contributed by atoms with Crippen LogP contribution in [0.3, 0.4) is 0 Å². The Kier molecular flexibility index (Phi) is 6.44. The summed E-state index contributed by atoms with van der Waals surface area (Å²) in [5.74, 6) is 0.312. The third kappa shape index (κ3) is 5.74. The number of hydrogen-bond acceptors (Lipinski definition) is 3. The van der Waals surface area contributed by atoms with Crippen LogP contribution in [0.2, 0.25) is 0 Å². The van der Waals surface area contributed by atoms with E-state index in [2.05, 4.69) is 29.1 Å². The first-order valence-corrected chi connectivity index (χ1v) is 9.17. The highest BCUT2D eigenvalue weighted by Gasteiger charge is 2.31. The zero-order valence-electron chi connectivity index (χ0n) is 16.2. The Morgan fingerprint density at radius 1 is 0.931 bits per heavy atom. The number of hydrogen-bond donors (Lipinski definition) is 1. The molecule has 0 fully saturated rings. The van der Waals surface area contributed by atoms with E-state index in [1.54, 1.807) is 6.07 Å². The molecule has 0 saturated heterocycles. The Balaban J connectivity index is 1.81. The highest BCUT2D eigenvalue weighted by Crippen LogP contribution is 2.34. The molecule has 3 aromatic carbocycles. The maximum Gasteiger partial charge on any atom is 0.573 e. The van der Waals surface area contributed by atoms with Crippen molar-refractivity contribution in [3.8, 4) is 22.6 Å². The molecular weight excluding hydrogens is 379 g/mol. The standard InChI is InChI=1S/C23H22F3NO2/c1-16(18-7-4-3-5-8-18)27-15-17-11-12-22(28-2)21(13-17)19-9-6-10-20(14-19)29-23(24,25)26/h3-14,16,27H,15H2,1-2H3. The third-order valence-corrected chi connectivity index (χ3v) is 4.55. The molecule has 0 spiro atoms. The first-order valence-electron chi connectivity index (χ1n) is 9.17. The first-order chi connectivity index (χ1) is 13.9. The molecule has 3 rings (SSSR count). The molecule has 152 valence electrons. The molecule has 3 nitrogen and oxygen atoms in total. The van der Waals surface area contributed by atoms with E-state index in [-0.39, 0.29) is 11.8 Å². The second-order valence-corrected chi connectivity index (χ2v) is 6.62.